The molecule has 1 aliphatic rings. The number of benzene rings is 2. The molecule has 1 saturated heterocycles. The van der Waals surface area contributed by atoms with Crippen molar-refractivity contribution in [1.29, 1.82) is 0 Å². The normalized spacial score (nSPS) is 18.7. The van der Waals surface area contributed by atoms with E-state index in [-0.39, 0.29) is 31.1 Å². The third-order valence-corrected chi connectivity index (χ3v) is 4.77. The average Bonchev–Trinajstić information content (AvgIpc) is 3.14. The maximum Gasteiger partial charge on any atom is 0.410 e. The van der Waals surface area contributed by atoms with E-state index >= 15 is 0 Å². The molecule has 6 nitrogen and oxygen atoms in total. The molecule has 0 unspecified atom stereocenters. The molecule has 0 radical (unpaired) electrons. The van der Waals surface area contributed by atoms with Crippen molar-refractivity contribution in [1.82, 2.24) is 4.90 Å². The number of carbonyl (C=O) groups is 2. The lowest BCUT2D eigenvalue weighted by atomic mass is 10.1. The topological polar surface area (TPSA) is 65.1 Å². The SMILES string of the molecule is COC(=O)C[C@@H]1C[C@@H](OCc2ccccc2)CN1C(=O)OCc1ccccc1. The Morgan fingerprint density at radius 2 is 1.57 bits per heavy atom. The summed E-state index contributed by atoms with van der Waals surface area (Å²) in [5, 5.41) is 0. The first-order valence-electron chi connectivity index (χ1n) is 9.35. The predicted molar refractivity (Wildman–Crippen MR) is 103 cm³/mol. The van der Waals surface area contributed by atoms with Crippen LogP contribution in [0, 0.1) is 0 Å². The fourth-order valence-electron chi connectivity index (χ4n) is 3.28. The first-order valence-corrected chi connectivity index (χ1v) is 9.35. The zero-order valence-electron chi connectivity index (χ0n) is 16.0. The van der Waals surface area contributed by atoms with Crippen molar-refractivity contribution in [3.63, 3.8) is 0 Å². The Labute approximate surface area is 165 Å². The van der Waals surface area contributed by atoms with Gasteiger partial charge < -0.3 is 19.1 Å². The van der Waals surface area contributed by atoms with E-state index in [0.717, 1.165) is 11.1 Å². The van der Waals surface area contributed by atoms with Gasteiger partial charge >= 0.3 is 12.1 Å². The molecule has 28 heavy (non-hydrogen) atoms. The third-order valence-electron chi connectivity index (χ3n) is 4.77. The van der Waals surface area contributed by atoms with Crippen molar-refractivity contribution >= 4 is 12.1 Å². The summed E-state index contributed by atoms with van der Waals surface area (Å²) in [6.07, 6.45) is 0.104. The number of carbonyl (C=O) groups excluding carboxylic acids is 2. The monoisotopic (exact) mass is 383 g/mol. The van der Waals surface area contributed by atoms with E-state index in [9.17, 15) is 9.59 Å². The second kappa shape index (κ2) is 9.90. The van der Waals surface area contributed by atoms with Crippen LogP contribution in [0.25, 0.3) is 0 Å². The maximum absolute atomic E-state index is 12.6. The van der Waals surface area contributed by atoms with Gasteiger partial charge in [-0.25, -0.2) is 4.79 Å². The van der Waals surface area contributed by atoms with Crippen LogP contribution in [0.4, 0.5) is 4.79 Å². The minimum Gasteiger partial charge on any atom is -0.469 e. The number of amides is 1. The summed E-state index contributed by atoms with van der Waals surface area (Å²) < 4.78 is 16.2. The van der Waals surface area contributed by atoms with Gasteiger partial charge in [-0.15, -0.1) is 0 Å². The molecule has 0 spiro atoms. The number of rotatable bonds is 7. The molecule has 1 aliphatic heterocycles. The molecule has 1 fully saturated rings. The highest BCUT2D eigenvalue weighted by molar-refractivity contribution is 5.73. The molecule has 2 aromatic carbocycles. The number of likely N-dealkylation sites (tertiary alicyclic amines) is 1. The van der Waals surface area contributed by atoms with Gasteiger partial charge in [-0.3, -0.25) is 4.79 Å². The van der Waals surface area contributed by atoms with Gasteiger partial charge in [-0.1, -0.05) is 60.7 Å². The standard InChI is InChI=1S/C22H25NO5/c1-26-21(24)13-19-12-20(27-15-17-8-4-2-5-9-17)14-23(19)22(25)28-16-18-10-6-3-7-11-18/h2-11,19-20H,12-16H2,1H3/t19-,20+/m0/s1. The smallest absolute Gasteiger partial charge is 0.410 e. The molecule has 1 heterocycles. The summed E-state index contributed by atoms with van der Waals surface area (Å²) in [7, 11) is 1.35. The molecule has 148 valence electrons. The van der Waals surface area contributed by atoms with Crippen molar-refractivity contribution in [2.75, 3.05) is 13.7 Å². The Balaban J connectivity index is 1.58. The fraction of sp³-hybridized carbons (Fsp3) is 0.364. The Hall–Kier alpha value is -2.86. The summed E-state index contributed by atoms with van der Waals surface area (Å²) in [5.41, 5.74) is 1.98. The molecule has 6 heteroatoms. The second-order valence-electron chi connectivity index (χ2n) is 6.78. The minimum absolute atomic E-state index is 0.127. The van der Waals surface area contributed by atoms with E-state index in [1.165, 1.54) is 7.11 Å². The van der Waals surface area contributed by atoms with Crippen molar-refractivity contribution in [2.24, 2.45) is 0 Å². The first kappa shape index (κ1) is 19.9. The summed E-state index contributed by atoms with van der Waals surface area (Å²) in [6, 6.07) is 19.1. The van der Waals surface area contributed by atoms with Gasteiger partial charge in [-0.2, -0.15) is 0 Å². The van der Waals surface area contributed by atoms with Crippen LogP contribution in [-0.2, 0) is 32.2 Å². The number of hydrogen-bond donors (Lipinski definition) is 0. The lowest BCUT2D eigenvalue weighted by molar-refractivity contribution is -0.141. The van der Waals surface area contributed by atoms with E-state index in [0.29, 0.717) is 19.6 Å². The van der Waals surface area contributed by atoms with E-state index < -0.39 is 6.09 Å². The molecule has 1 amide bonds. The predicted octanol–water partition coefficient (Wildman–Crippen LogP) is 3.55. The van der Waals surface area contributed by atoms with Crippen LogP contribution < -0.4 is 0 Å². The number of methoxy groups -OCH3 is 1. The zero-order valence-corrected chi connectivity index (χ0v) is 16.0. The molecule has 0 bridgehead atoms. The summed E-state index contributed by atoms with van der Waals surface area (Å²) in [6.45, 7) is 1.04. The van der Waals surface area contributed by atoms with Crippen LogP contribution in [-0.4, -0.2) is 42.8 Å². The molecule has 0 saturated carbocycles. The van der Waals surface area contributed by atoms with Crippen LogP contribution in [0.2, 0.25) is 0 Å². The second-order valence-corrected chi connectivity index (χ2v) is 6.78. The van der Waals surface area contributed by atoms with E-state index in [4.69, 9.17) is 14.2 Å². The van der Waals surface area contributed by atoms with E-state index in [1.807, 2.05) is 60.7 Å². The molecular weight excluding hydrogens is 358 g/mol. The number of nitrogens with zero attached hydrogens (tertiary/aromatic N) is 1. The van der Waals surface area contributed by atoms with Gasteiger partial charge in [0.15, 0.2) is 0 Å². The van der Waals surface area contributed by atoms with Gasteiger partial charge in [0.2, 0.25) is 0 Å². The van der Waals surface area contributed by atoms with Crippen LogP contribution >= 0.6 is 0 Å². The Morgan fingerprint density at radius 1 is 0.964 bits per heavy atom. The Morgan fingerprint density at radius 3 is 2.18 bits per heavy atom. The number of esters is 1. The summed E-state index contributed by atoms with van der Waals surface area (Å²) in [5.74, 6) is -0.352. The first-order chi connectivity index (χ1) is 13.7. The fourth-order valence-corrected chi connectivity index (χ4v) is 3.28. The molecule has 3 rings (SSSR count). The maximum atomic E-state index is 12.6. The van der Waals surface area contributed by atoms with Crippen molar-refractivity contribution in [3.8, 4) is 0 Å². The van der Waals surface area contributed by atoms with Gasteiger partial charge in [0.05, 0.1) is 32.8 Å². The van der Waals surface area contributed by atoms with Crippen molar-refractivity contribution < 1.29 is 23.8 Å². The average molecular weight is 383 g/mol. The molecular formula is C22H25NO5. The van der Waals surface area contributed by atoms with Gasteiger partial charge in [-0.05, 0) is 17.5 Å². The molecule has 0 aliphatic carbocycles. The highest BCUT2D eigenvalue weighted by Crippen LogP contribution is 2.25. The van der Waals surface area contributed by atoms with Gasteiger partial charge in [0.25, 0.3) is 0 Å². The lowest BCUT2D eigenvalue weighted by Gasteiger charge is -2.23. The van der Waals surface area contributed by atoms with Crippen LogP contribution in [0.5, 0.6) is 0 Å². The van der Waals surface area contributed by atoms with Crippen LogP contribution in [0.15, 0.2) is 60.7 Å². The number of ether oxygens (including phenoxy) is 3. The Bertz CT molecular complexity index is 765. The van der Waals surface area contributed by atoms with Crippen molar-refractivity contribution in [2.45, 2.75) is 38.2 Å². The highest BCUT2D eigenvalue weighted by atomic mass is 16.6. The van der Waals surface area contributed by atoms with Crippen LogP contribution in [0.1, 0.15) is 24.0 Å². The van der Waals surface area contributed by atoms with E-state index in [2.05, 4.69) is 0 Å². The van der Waals surface area contributed by atoms with Gasteiger partial charge in [0, 0.05) is 6.04 Å². The van der Waals surface area contributed by atoms with E-state index in [1.54, 1.807) is 4.90 Å². The minimum atomic E-state index is -0.441. The lowest BCUT2D eigenvalue weighted by Crippen LogP contribution is -2.37. The third kappa shape index (κ3) is 5.57. The number of hydrogen-bond acceptors (Lipinski definition) is 5. The Kier molecular flexibility index (Phi) is 7.03. The largest absolute Gasteiger partial charge is 0.469 e. The van der Waals surface area contributed by atoms with Crippen molar-refractivity contribution in [3.05, 3.63) is 71.8 Å². The quantitative estimate of drug-likeness (QED) is 0.684. The van der Waals surface area contributed by atoms with Crippen LogP contribution in [0.3, 0.4) is 0 Å². The molecule has 2 atom stereocenters. The molecule has 0 N–H and O–H groups in total. The zero-order chi connectivity index (χ0) is 19.8. The van der Waals surface area contributed by atoms with Gasteiger partial charge in [0.1, 0.15) is 6.61 Å². The summed E-state index contributed by atoms with van der Waals surface area (Å²) >= 11 is 0. The highest BCUT2D eigenvalue weighted by Gasteiger charge is 2.38. The molecule has 2 aromatic rings. The molecule has 0 aromatic heterocycles. The summed E-state index contributed by atoms with van der Waals surface area (Å²) in [4.78, 5) is 26.0.